The molecule has 4 nitrogen and oxygen atoms in total. The molecule has 0 bridgehead atoms. The molecule has 0 saturated heterocycles. The highest BCUT2D eigenvalue weighted by molar-refractivity contribution is 9.10. The molecule has 0 radical (unpaired) electrons. The van der Waals surface area contributed by atoms with Crippen molar-refractivity contribution in [3.8, 4) is 0 Å². The number of carbonyl (C=O) groups is 2. The smallest absolute Gasteiger partial charge is 0.325 e. The van der Waals surface area contributed by atoms with E-state index in [2.05, 4.69) is 15.9 Å². The second-order valence-electron chi connectivity index (χ2n) is 4.06. The van der Waals surface area contributed by atoms with Gasteiger partial charge in [0.15, 0.2) is 0 Å². The van der Waals surface area contributed by atoms with E-state index in [1.54, 1.807) is 13.0 Å². The molecule has 0 atom stereocenters. The summed E-state index contributed by atoms with van der Waals surface area (Å²) in [5.74, 6) is -0.562. The Morgan fingerprint density at radius 3 is 2.58 bits per heavy atom. The summed E-state index contributed by atoms with van der Waals surface area (Å²) < 4.78 is 5.64. The van der Waals surface area contributed by atoms with Crippen molar-refractivity contribution in [2.45, 2.75) is 20.8 Å². The molecule has 0 unspecified atom stereocenters. The van der Waals surface area contributed by atoms with Gasteiger partial charge < -0.3 is 9.64 Å². The third-order valence-electron chi connectivity index (χ3n) is 2.72. The summed E-state index contributed by atoms with van der Waals surface area (Å²) in [6, 6.07) is 5.49. The Labute approximate surface area is 121 Å². The van der Waals surface area contributed by atoms with Gasteiger partial charge in [0, 0.05) is 11.0 Å². The fourth-order valence-corrected chi connectivity index (χ4v) is 2.11. The van der Waals surface area contributed by atoms with Gasteiger partial charge in [0.05, 0.1) is 12.2 Å². The first-order valence-corrected chi connectivity index (χ1v) is 7.00. The number of likely N-dealkylation sites (N-methyl/N-ethyl adjacent to an activating group) is 1. The molecule has 1 aromatic rings. The zero-order valence-corrected chi connectivity index (χ0v) is 13.0. The molecule has 1 amide bonds. The zero-order chi connectivity index (χ0) is 14.4. The van der Waals surface area contributed by atoms with Crippen LogP contribution in [-0.4, -0.2) is 36.5 Å². The molecular formula is C14H18BrNO3. The highest BCUT2D eigenvalue weighted by Crippen LogP contribution is 2.22. The van der Waals surface area contributed by atoms with Crippen molar-refractivity contribution in [3.63, 3.8) is 0 Å². The Hall–Kier alpha value is -1.36. The van der Waals surface area contributed by atoms with Crippen LogP contribution < -0.4 is 0 Å². The van der Waals surface area contributed by atoms with E-state index < -0.39 is 0 Å². The molecule has 19 heavy (non-hydrogen) atoms. The monoisotopic (exact) mass is 327 g/mol. The van der Waals surface area contributed by atoms with E-state index in [0.29, 0.717) is 18.7 Å². The standard InChI is InChI=1S/C14H18BrNO3/c1-4-16(9-12(17)19-5-2)14(18)11-8-6-7-10(3)13(11)15/h6-8H,4-5,9H2,1-3H3. The highest BCUT2D eigenvalue weighted by Gasteiger charge is 2.20. The van der Waals surface area contributed by atoms with Crippen molar-refractivity contribution in [2.75, 3.05) is 19.7 Å². The molecule has 0 aliphatic carbocycles. The number of rotatable bonds is 5. The summed E-state index contributed by atoms with van der Waals surface area (Å²) in [5, 5.41) is 0. The lowest BCUT2D eigenvalue weighted by Crippen LogP contribution is -2.36. The van der Waals surface area contributed by atoms with Gasteiger partial charge in [-0.2, -0.15) is 0 Å². The molecule has 0 aliphatic heterocycles. The average Bonchev–Trinajstić information content (AvgIpc) is 2.39. The summed E-state index contributed by atoms with van der Waals surface area (Å²) in [5.41, 5.74) is 1.55. The Bertz CT molecular complexity index is 474. The molecule has 1 rings (SSSR count). The number of carbonyl (C=O) groups excluding carboxylic acids is 2. The minimum atomic E-state index is -0.388. The molecule has 0 aliphatic rings. The molecule has 0 fully saturated rings. The first kappa shape index (κ1) is 15.7. The summed E-state index contributed by atoms with van der Waals surface area (Å²) in [4.78, 5) is 25.3. The number of esters is 1. The molecule has 0 heterocycles. The van der Waals surface area contributed by atoms with Crippen molar-refractivity contribution < 1.29 is 14.3 Å². The maximum atomic E-state index is 12.4. The molecule has 5 heteroatoms. The van der Waals surface area contributed by atoms with Gasteiger partial charge in [-0.05, 0) is 48.3 Å². The number of nitrogens with zero attached hydrogens (tertiary/aromatic N) is 1. The quantitative estimate of drug-likeness (QED) is 0.781. The van der Waals surface area contributed by atoms with Crippen LogP contribution in [-0.2, 0) is 9.53 Å². The van der Waals surface area contributed by atoms with Crippen LogP contribution in [0.25, 0.3) is 0 Å². The number of hydrogen-bond donors (Lipinski definition) is 0. The van der Waals surface area contributed by atoms with Gasteiger partial charge in [0.25, 0.3) is 5.91 Å². The summed E-state index contributed by atoms with van der Waals surface area (Å²) in [7, 11) is 0. The van der Waals surface area contributed by atoms with Crippen molar-refractivity contribution in [1.29, 1.82) is 0 Å². The van der Waals surface area contributed by atoms with Crippen molar-refractivity contribution in [1.82, 2.24) is 4.90 Å². The molecule has 0 saturated carbocycles. The summed E-state index contributed by atoms with van der Waals surface area (Å²) in [6.45, 7) is 6.25. The molecule has 0 aromatic heterocycles. The Morgan fingerprint density at radius 1 is 1.32 bits per heavy atom. The predicted octanol–water partition coefficient (Wildman–Crippen LogP) is 2.78. The van der Waals surface area contributed by atoms with Crippen molar-refractivity contribution >= 4 is 27.8 Å². The van der Waals surface area contributed by atoms with Crippen LogP contribution in [0.5, 0.6) is 0 Å². The van der Waals surface area contributed by atoms with Gasteiger partial charge in [0.2, 0.25) is 0 Å². The normalized spacial score (nSPS) is 10.1. The third kappa shape index (κ3) is 4.06. The predicted molar refractivity (Wildman–Crippen MR) is 77.1 cm³/mol. The maximum Gasteiger partial charge on any atom is 0.325 e. The molecule has 0 spiro atoms. The van der Waals surface area contributed by atoms with Crippen LogP contribution in [0.2, 0.25) is 0 Å². The van der Waals surface area contributed by atoms with Gasteiger partial charge >= 0.3 is 5.97 Å². The first-order chi connectivity index (χ1) is 9.01. The van der Waals surface area contributed by atoms with Gasteiger partial charge in [-0.3, -0.25) is 9.59 Å². The van der Waals surface area contributed by atoms with Crippen LogP contribution in [0.15, 0.2) is 22.7 Å². The van der Waals surface area contributed by atoms with Crippen LogP contribution in [0.3, 0.4) is 0 Å². The summed E-state index contributed by atoms with van der Waals surface area (Å²) in [6.07, 6.45) is 0. The van der Waals surface area contributed by atoms with Gasteiger partial charge in [-0.25, -0.2) is 0 Å². The van der Waals surface area contributed by atoms with E-state index in [-0.39, 0.29) is 18.4 Å². The van der Waals surface area contributed by atoms with Crippen molar-refractivity contribution in [2.24, 2.45) is 0 Å². The largest absolute Gasteiger partial charge is 0.465 e. The zero-order valence-electron chi connectivity index (χ0n) is 11.4. The van der Waals surface area contributed by atoms with Crippen LogP contribution in [0.4, 0.5) is 0 Å². The molecule has 1 aromatic carbocycles. The third-order valence-corrected chi connectivity index (χ3v) is 3.77. The first-order valence-electron chi connectivity index (χ1n) is 6.21. The maximum absolute atomic E-state index is 12.4. The number of aryl methyl sites for hydroxylation is 1. The molecule has 0 N–H and O–H groups in total. The Balaban J connectivity index is 2.89. The average molecular weight is 328 g/mol. The fraction of sp³-hybridized carbons (Fsp3) is 0.429. The van der Waals surface area contributed by atoms with E-state index in [9.17, 15) is 9.59 Å². The van der Waals surface area contributed by atoms with Gasteiger partial charge in [-0.15, -0.1) is 0 Å². The van der Waals surface area contributed by atoms with E-state index in [1.165, 1.54) is 4.90 Å². The Morgan fingerprint density at radius 2 is 2.00 bits per heavy atom. The second-order valence-corrected chi connectivity index (χ2v) is 4.85. The lowest BCUT2D eigenvalue weighted by atomic mass is 10.1. The van der Waals surface area contributed by atoms with E-state index in [0.717, 1.165) is 10.0 Å². The van der Waals surface area contributed by atoms with Gasteiger partial charge in [0.1, 0.15) is 6.54 Å². The lowest BCUT2D eigenvalue weighted by molar-refractivity contribution is -0.143. The SMILES string of the molecule is CCOC(=O)CN(CC)C(=O)c1cccc(C)c1Br. The number of amides is 1. The van der Waals surface area contributed by atoms with E-state index in [4.69, 9.17) is 4.74 Å². The molecular weight excluding hydrogens is 310 g/mol. The minimum absolute atomic E-state index is 0.0243. The summed E-state index contributed by atoms with van der Waals surface area (Å²) >= 11 is 3.41. The van der Waals surface area contributed by atoms with Crippen LogP contribution >= 0.6 is 15.9 Å². The van der Waals surface area contributed by atoms with E-state index >= 15 is 0 Å². The number of hydrogen-bond acceptors (Lipinski definition) is 3. The Kier molecular flexibility index (Phi) is 6.02. The number of halogens is 1. The number of benzene rings is 1. The highest BCUT2D eigenvalue weighted by atomic mass is 79.9. The topological polar surface area (TPSA) is 46.6 Å². The van der Waals surface area contributed by atoms with E-state index in [1.807, 2.05) is 26.0 Å². The van der Waals surface area contributed by atoms with Crippen LogP contribution in [0.1, 0.15) is 29.8 Å². The molecule has 104 valence electrons. The second kappa shape index (κ2) is 7.28. The minimum Gasteiger partial charge on any atom is -0.465 e. The number of ether oxygens (including phenoxy) is 1. The van der Waals surface area contributed by atoms with Crippen molar-refractivity contribution in [3.05, 3.63) is 33.8 Å². The van der Waals surface area contributed by atoms with Crippen LogP contribution in [0, 0.1) is 6.92 Å². The fourth-order valence-electron chi connectivity index (χ4n) is 1.67. The van der Waals surface area contributed by atoms with Gasteiger partial charge in [-0.1, -0.05) is 12.1 Å². The lowest BCUT2D eigenvalue weighted by Gasteiger charge is -2.20.